The van der Waals surface area contributed by atoms with Gasteiger partial charge in [-0.25, -0.2) is 4.98 Å². The first-order chi connectivity index (χ1) is 8.54. The van der Waals surface area contributed by atoms with Gasteiger partial charge in [-0.3, -0.25) is 4.79 Å². The quantitative estimate of drug-likeness (QED) is 0.553. The third-order valence-electron chi connectivity index (χ3n) is 2.14. The number of anilines is 2. The number of nitrogens with two attached hydrogens (primary N) is 1. The number of rotatable bonds is 7. The molecule has 5 N–H and O–H groups in total. The van der Waals surface area contributed by atoms with Crippen molar-refractivity contribution in [2.45, 2.75) is 20.3 Å². The Labute approximate surface area is 111 Å². The van der Waals surface area contributed by atoms with Crippen LogP contribution in [0.4, 0.5) is 10.9 Å². The summed E-state index contributed by atoms with van der Waals surface area (Å²) >= 11 is 1.25. The minimum atomic E-state index is -0.240. The van der Waals surface area contributed by atoms with Gasteiger partial charge in [0.1, 0.15) is 10.7 Å². The van der Waals surface area contributed by atoms with Crippen molar-refractivity contribution in [3.8, 4) is 0 Å². The maximum Gasteiger partial charge on any atom is 0.265 e. The van der Waals surface area contributed by atoms with Crippen LogP contribution in [0.1, 0.15) is 29.9 Å². The third-order valence-corrected chi connectivity index (χ3v) is 3.17. The summed E-state index contributed by atoms with van der Waals surface area (Å²) < 4.78 is 0. The molecule has 18 heavy (non-hydrogen) atoms. The van der Waals surface area contributed by atoms with Crippen LogP contribution in [0, 0.1) is 5.92 Å². The van der Waals surface area contributed by atoms with Crippen LogP contribution in [0.25, 0.3) is 0 Å². The molecule has 0 atom stereocenters. The zero-order valence-electron chi connectivity index (χ0n) is 10.7. The van der Waals surface area contributed by atoms with E-state index in [0.29, 0.717) is 28.9 Å². The number of hydrogen-bond acceptors (Lipinski definition) is 6. The minimum absolute atomic E-state index is 0.0552. The van der Waals surface area contributed by atoms with Crippen molar-refractivity contribution in [2.24, 2.45) is 5.92 Å². The number of thiazole rings is 1. The van der Waals surface area contributed by atoms with Gasteiger partial charge in [0.2, 0.25) is 0 Å². The van der Waals surface area contributed by atoms with E-state index in [1.807, 2.05) is 0 Å². The SMILES string of the molecule is CC(C)CNc1nc(N)c(C(=O)NCCCO)s1. The molecule has 0 saturated heterocycles. The molecule has 1 aromatic heterocycles. The Morgan fingerprint density at radius 2 is 2.28 bits per heavy atom. The highest BCUT2D eigenvalue weighted by atomic mass is 32.1. The lowest BCUT2D eigenvalue weighted by Gasteiger charge is -2.04. The van der Waals surface area contributed by atoms with Gasteiger partial charge >= 0.3 is 0 Å². The van der Waals surface area contributed by atoms with Gasteiger partial charge in [0.05, 0.1) is 0 Å². The zero-order valence-corrected chi connectivity index (χ0v) is 11.5. The van der Waals surface area contributed by atoms with Crippen molar-refractivity contribution in [1.29, 1.82) is 0 Å². The smallest absolute Gasteiger partial charge is 0.265 e. The fourth-order valence-corrected chi connectivity index (χ4v) is 2.03. The fraction of sp³-hybridized carbons (Fsp3) is 0.636. The van der Waals surface area contributed by atoms with Crippen LogP contribution in [0.5, 0.6) is 0 Å². The molecule has 0 aliphatic carbocycles. The standard InChI is InChI=1S/C11H20N4O2S/c1-7(2)6-14-11-15-9(12)8(18-11)10(17)13-4-3-5-16/h7,16H,3-6,12H2,1-2H3,(H,13,17)(H,14,15). The number of nitrogen functional groups attached to an aromatic ring is 1. The van der Waals surface area contributed by atoms with Crippen molar-refractivity contribution < 1.29 is 9.90 Å². The molecule has 1 amide bonds. The maximum absolute atomic E-state index is 11.8. The first-order valence-corrected chi connectivity index (χ1v) is 6.75. The number of carbonyl (C=O) groups excluding carboxylic acids is 1. The molecule has 0 bridgehead atoms. The number of nitrogens with zero attached hydrogens (tertiary/aromatic N) is 1. The topological polar surface area (TPSA) is 100 Å². The molecule has 1 aromatic rings. The number of amides is 1. The molecule has 1 heterocycles. The van der Waals surface area contributed by atoms with Crippen LogP contribution in [-0.4, -0.2) is 35.7 Å². The van der Waals surface area contributed by atoms with E-state index in [9.17, 15) is 4.79 Å². The van der Waals surface area contributed by atoms with E-state index >= 15 is 0 Å². The van der Waals surface area contributed by atoms with Gasteiger partial charge in [0, 0.05) is 19.7 Å². The Hall–Kier alpha value is -1.34. The van der Waals surface area contributed by atoms with Crippen LogP contribution >= 0.6 is 11.3 Å². The molecule has 1 rings (SSSR count). The first-order valence-electron chi connectivity index (χ1n) is 5.93. The van der Waals surface area contributed by atoms with E-state index in [1.54, 1.807) is 0 Å². The largest absolute Gasteiger partial charge is 0.396 e. The number of nitrogens with one attached hydrogen (secondary N) is 2. The van der Waals surface area contributed by atoms with Gasteiger partial charge in [-0.15, -0.1) is 0 Å². The van der Waals surface area contributed by atoms with Crippen molar-refractivity contribution in [1.82, 2.24) is 10.3 Å². The molecule has 0 aromatic carbocycles. The molecule has 0 saturated carbocycles. The number of hydrogen-bond donors (Lipinski definition) is 4. The van der Waals surface area contributed by atoms with Crippen LogP contribution in [-0.2, 0) is 0 Å². The van der Waals surface area contributed by atoms with Gasteiger partial charge in [0.25, 0.3) is 5.91 Å². The molecule has 7 heteroatoms. The summed E-state index contributed by atoms with van der Waals surface area (Å²) in [6, 6.07) is 0. The highest BCUT2D eigenvalue weighted by Crippen LogP contribution is 2.24. The second kappa shape index (κ2) is 7.17. The van der Waals surface area contributed by atoms with Crippen molar-refractivity contribution in [2.75, 3.05) is 30.7 Å². The molecule has 0 radical (unpaired) electrons. The summed E-state index contributed by atoms with van der Waals surface area (Å²) in [5.74, 6) is 0.501. The molecule has 102 valence electrons. The second-order valence-corrected chi connectivity index (χ2v) is 5.34. The van der Waals surface area contributed by atoms with Crippen LogP contribution < -0.4 is 16.4 Å². The van der Waals surface area contributed by atoms with E-state index < -0.39 is 0 Å². The Kier molecular flexibility index (Phi) is 5.87. The summed E-state index contributed by atoms with van der Waals surface area (Å²) in [5.41, 5.74) is 5.70. The lowest BCUT2D eigenvalue weighted by Crippen LogP contribution is -2.24. The molecule has 0 fully saturated rings. The maximum atomic E-state index is 11.8. The molecule has 0 spiro atoms. The third kappa shape index (κ3) is 4.50. The van der Waals surface area contributed by atoms with Crippen LogP contribution in [0.3, 0.4) is 0 Å². The van der Waals surface area contributed by atoms with Crippen LogP contribution in [0.2, 0.25) is 0 Å². The zero-order chi connectivity index (χ0) is 13.5. The average Bonchev–Trinajstić information content (AvgIpc) is 2.68. The molecule has 0 unspecified atom stereocenters. The van der Waals surface area contributed by atoms with E-state index in [0.717, 1.165) is 6.54 Å². The number of aromatic nitrogens is 1. The first kappa shape index (κ1) is 14.7. The number of aliphatic hydroxyl groups is 1. The van der Waals surface area contributed by atoms with Gasteiger partial charge in [-0.1, -0.05) is 25.2 Å². The van der Waals surface area contributed by atoms with E-state index in [2.05, 4.69) is 29.5 Å². The van der Waals surface area contributed by atoms with Crippen LogP contribution in [0.15, 0.2) is 0 Å². The Morgan fingerprint density at radius 1 is 1.56 bits per heavy atom. The highest BCUT2D eigenvalue weighted by molar-refractivity contribution is 7.18. The highest BCUT2D eigenvalue weighted by Gasteiger charge is 2.15. The molecule has 0 aliphatic rings. The summed E-state index contributed by atoms with van der Waals surface area (Å²) in [6.07, 6.45) is 0.531. The van der Waals surface area contributed by atoms with Gasteiger partial charge in [-0.2, -0.15) is 0 Å². The number of aliphatic hydroxyl groups excluding tert-OH is 1. The lowest BCUT2D eigenvalue weighted by atomic mass is 10.2. The predicted molar refractivity (Wildman–Crippen MR) is 73.9 cm³/mol. The monoisotopic (exact) mass is 272 g/mol. The second-order valence-electron chi connectivity index (χ2n) is 4.34. The van der Waals surface area contributed by atoms with Crippen molar-refractivity contribution in [3.05, 3.63) is 4.88 Å². The summed E-state index contributed by atoms with van der Waals surface area (Å²) in [7, 11) is 0. The Balaban J connectivity index is 2.57. The van der Waals surface area contributed by atoms with Crippen molar-refractivity contribution >= 4 is 28.2 Å². The normalized spacial score (nSPS) is 10.7. The predicted octanol–water partition coefficient (Wildman–Crippen LogP) is 0.905. The Morgan fingerprint density at radius 3 is 2.89 bits per heavy atom. The Bertz CT molecular complexity index is 392. The summed E-state index contributed by atoms with van der Waals surface area (Å²) in [4.78, 5) is 16.3. The average molecular weight is 272 g/mol. The fourth-order valence-electron chi connectivity index (χ4n) is 1.22. The molecule has 0 aliphatic heterocycles. The lowest BCUT2D eigenvalue weighted by molar-refractivity contribution is 0.0956. The molecular formula is C11H20N4O2S. The van der Waals surface area contributed by atoms with Gasteiger partial charge in [-0.05, 0) is 12.3 Å². The number of carbonyl (C=O) groups is 1. The summed E-state index contributed by atoms with van der Waals surface area (Å²) in [6.45, 7) is 5.46. The van der Waals surface area contributed by atoms with Crippen molar-refractivity contribution in [3.63, 3.8) is 0 Å². The van der Waals surface area contributed by atoms with E-state index in [4.69, 9.17) is 10.8 Å². The van der Waals surface area contributed by atoms with E-state index in [-0.39, 0.29) is 18.3 Å². The summed E-state index contributed by atoms with van der Waals surface area (Å²) in [5, 5.41) is 15.1. The van der Waals surface area contributed by atoms with E-state index in [1.165, 1.54) is 11.3 Å². The van der Waals surface area contributed by atoms with Gasteiger partial charge < -0.3 is 21.5 Å². The van der Waals surface area contributed by atoms with Gasteiger partial charge in [0.15, 0.2) is 5.13 Å². The molecular weight excluding hydrogens is 252 g/mol. The molecule has 6 nitrogen and oxygen atoms in total. The minimum Gasteiger partial charge on any atom is -0.396 e.